The van der Waals surface area contributed by atoms with Gasteiger partial charge >= 0.3 is 0 Å². The van der Waals surface area contributed by atoms with E-state index in [2.05, 4.69) is 0 Å². The highest BCUT2D eigenvalue weighted by Gasteiger charge is 2.36. The van der Waals surface area contributed by atoms with Gasteiger partial charge in [-0.3, -0.25) is 0 Å². The second-order valence-corrected chi connectivity index (χ2v) is 3.28. The van der Waals surface area contributed by atoms with E-state index < -0.39 is 5.79 Å². The Morgan fingerprint density at radius 3 is 2.21 bits per heavy atom. The number of hydrogen-bond acceptors (Lipinski definition) is 3. The van der Waals surface area contributed by atoms with Gasteiger partial charge < -0.3 is 15.2 Å². The Hall–Kier alpha value is -1.35. The van der Waals surface area contributed by atoms with E-state index in [0.717, 1.165) is 5.56 Å². The van der Waals surface area contributed by atoms with Crippen molar-refractivity contribution in [3.63, 3.8) is 0 Å². The molecule has 0 atom stereocenters. The topological polar surface area (TPSA) is 44.5 Å². The second-order valence-electron chi connectivity index (χ2n) is 3.02. The summed E-state index contributed by atoms with van der Waals surface area (Å²) in [6.07, 6.45) is 2.97. The number of alkyl halides is 1. The van der Waals surface area contributed by atoms with E-state index >= 15 is 0 Å². The Bertz CT molecular complexity index is 340. The number of halogens is 1. The predicted octanol–water partition coefficient (Wildman–Crippen LogP) is 2.18. The van der Waals surface area contributed by atoms with Crippen LogP contribution < -0.4 is 5.73 Å². The number of ether oxygens (including phenoxy) is 2. The molecule has 0 saturated heterocycles. The molecule has 0 radical (unpaired) electrons. The fraction of sp³-hybridized carbons (Fsp3) is 0.200. The molecule has 2 N–H and O–H groups in total. The number of nitrogen functional groups attached to an aromatic ring is 1. The van der Waals surface area contributed by atoms with E-state index in [1.807, 2.05) is 12.1 Å². The molecule has 0 bridgehead atoms. The van der Waals surface area contributed by atoms with E-state index in [1.54, 1.807) is 12.1 Å². The highest BCUT2D eigenvalue weighted by Crippen LogP contribution is 2.33. The van der Waals surface area contributed by atoms with Crippen LogP contribution in [0.4, 0.5) is 5.69 Å². The first kappa shape index (κ1) is 9.21. The van der Waals surface area contributed by atoms with E-state index in [-0.39, 0.29) is 5.88 Å². The number of benzene rings is 1. The third kappa shape index (κ3) is 1.40. The molecule has 0 fully saturated rings. The second kappa shape index (κ2) is 3.42. The van der Waals surface area contributed by atoms with Crippen LogP contribution in [-0.2, 0) is 15.3 Å². The maximum Gasteiger partial charge on any atom is 0.290 e. The van der Waals surface area contributed by atoms with Gasteiger partial charge in [0.15, 0.2) is 0 Å². The predicted molar refractivity (Wildman–Crippen MR) is 54.6 cm³/mol. The Labute approximate surface area is 87.1 Å². The van der Waals surface area contributed by atoms with Crippen LogP contribution in [0.25, 0.3) is 0 Å². The third-order valence-electron chi connectivity index (χ3n) is 2.10. The van der Waals surface area contributed by atoms with Crippen molar-refractivity contribution < 1.29 is 9.47 Å². The monoisotopic (exact) mass is 211 g/mol. The summed E-state index contributed by atoms with van der Waals surface area (Å²) in [6.45, 7) is 0. The first-order chi connectivity index (χ1) is 6.77. The lowest BCUT2D eigenvalue weighted by Crippen LogP contribution is -2.28. The summed E-state index contributed by atoms with van der Waals surface area (Å²) in [5.41, 5.74) is 7.13. The molecule has 0 spiro atoms. The molecule has 3 nitrogen and oxygen atoms in total. The van der Waals surface area contributed by atoms with Crippen LogP contribution in [0.15, 0.2) is 36.8 Å². The standard InChI is InChI=1S/C10H10ClNO2/c11-7-10(13-5-6-14-10)8-1-3-9(12)4-2-8/h1-6H,7,12H2. The summed E-state index contributed by atoms with van der Waals surface area (Å²) in [7, 11) is 0. The minimum absolute atomic E-state index is 0.226. The molecule has 1 aromatic carbocycles. The summed E-state index contributed by atoms with van der Waals surface area (Å²) < 4.78 is 10.7. The van der Waals surface area contributed by atoms with Gasteiger partial charge in [0, 0.05) is 11.3 Å². The molecule has 2 rings (SSSR count). The molecule has 1 aliphatic heterocycles. The third-order valence-corrected chi connectivity index (χ3v) is 2.45. The molecular weight excluding hydrogens is 202 g/mol. The number of hydrogen-bond donors (Lipinski definition) is 1. The fourth-order valence-corrected chi connectivity index (χ4v) is 1.60. The van der Waals surface area contributed by atoms with Crippen LogP contribution in [0.1, 0.15) is 5.56 Å². The van der Waals surface area contributed by atoms with Crippen molar-refractivity contribution in [2.75, 3.05) is 11.6 Å². The maximum atomic E-state index is 5.82. The average molecular weight is 212 g/mol. The Morgan fingerprint density at radius 1 is 1.14 bits per heavy atom. The first-order valence-electron chi connectivity index (χ1n) is 4.19. The molecule has 74 valence electrons. The lowest BCUT2D eigenvalue weighted by Gasteiger charge is -2.25. The average Bonchev–Trinajstić information content (AvgIpc) is 2.68. The van der Waals surface area contributed by atoms with Crippen LogP contribution in [0.2, 0.25) is 0 Å². The summed E-state index contributed by atoms with van der Waals surface area (Å²) >= 11 is 5.82. The van der Waals surface area contributed by atoms with Crippen molar-refractivity contribution in [3.05, 3.63) is 42.4 Å². The Balaban J connectivity index is 2.32. The Morgan fingerprint density at radius 2 is 1.71 bits per heavy atom. The summed E-state index contributed by atoms with van der Waals surface area (Å²) in [6, 6.07) is 7.25. The molecule has 0 aromatic heterocycles. The van der Waals surface area contributed by atoms with Crippen LogP contribution >= 0.6 is 11.6 Å². The summed E-state index contributed by atoms with van der Waals surface area (Å²) in [5.74, 6) is -0.654. The zero-order valence-electron chi connectivity index (χ0n) is 7.44. The highest BCUT2D eigenvalue weighted by atomic mass is 35.5. The van der Waals surface area contributed by atoms with Crippen LogP contribution in [0.3, 0.4) is 0 Å². The fourth-order valence-electron chi connectivity index (χ4n) is 1.32. The SMILES string of the molecule is Nc1ccc(C2(CCl)OC=CO2)cc1. The highest BCUT2D eigenvalue weighted by molar-refractivity contribution is 6.18. The minimum Gasteiger partial charge on any atom is -0.452 e. The minimum atomic E-state index is -0.880. The number of rotatable bonds is 2. The van der Waals surface area contributed by atoms with Gasteiger partial charge in [-0.15, -0.1) is 11.6 Å². The molecule has 0 aliphatic carbocycles. The van der Waals surface area contributed by atoms with Gasteiger partial charge in [-0.25, -0.2) is 0 Å². The molecule has 1 heterocycles. The summed E-state index contributed by atoms with van der Waals surface area (Å²) in [4.78, 5) is 0. The number of anilines is 1. The molecule has 0 amide bonds. The van der Waals surface area contributed by atoms with Gasteiger partial charge in [-0.05, 0) is 24.3 Å². The van der Waals surface area contributed by atoms with Gasteiger partial charge in [-0.1, -0.05) is 0 Å². The lowest BCUT2D eigenvalue weighted by atomic mass is 10.1. The van der Waals surface area contributed by atoms with Crippen molar-refractivity contribution in [1.29, 1.82) is 0 Å². The Kier molecular flexibility index (Phi) is 2.25. The molecule has 0 saturated carbocycles. The largest absolute Gasteiger partial charge is 0.452 e. The molecule has 0 unspecified atom stereocenters. The van der Waals surface area contributed by atoms with E-state index in [1.165, 1.54) is 12.5 Å². The quantitative estimate of drug-likeness (QED) is 0.603. The van der Waals surface area contributed by atoms with Crippen molar-refractivity contribution in [3.8, 4) is 0 Å². The van der Waals surface area contributed by atoms with Crippen LogP contribution in [-0.4, -0.2) is 5.88 Å². The van der Waals surface area contributed by atoms with Gasteiger partial charge in [0.25, 0.3) is 5.79 Å². The van der Waals surface area contributed by atoms with Crippen molar-refractivity contribution >= 4 is 17.3 Å². The first-order valence-corrected chi connectivity index (χ1v) is 4.73. The van der Waals surface area contributed by atoms with E-state index in [0.29, 0.717) is 5.69 Å². The molecule has 1 aromatic rings. The smallest absolute Gasteiger partial charge is 0.290 e. The van der Waals surface area contributed by atoms with Gasteiger partial charge in [-0.2, -0.15) is 0 Å². The zero-order valence-corrected chi connectivity index (χ0v) is 8.20. The zero-order chi connectivity index (χ0) is 10.0. The van der Waals surface area contributed by atoms with E-state index in [4.69, 9.17) is 26.8 Å². The normalized spacial score (nSPS) is 17.5. The lowest BCUT2D eigenvalue weighted by molar-refractivity contribution is -0.129. The van der Waals surface area contributed by atoms with Crippen LogP contribution in [0, 0.1) is 0 Å². The molecule has 14 heavy (non-hydrogen) atoms. The van der Waals surface area contributed by atoms with Crippen molar-refractivity contribution in [1.82, 2.24) is 0 Å². The van der Waals surface area contributed by atoms with Gasteiger partial charge in [0.05, 0.1) is 0 Å². The number of nitrogens with two attached hydrogens (primary N) is 1. The molecule has 1 aliphatic rings. The van der Waals surface area contributed by atoms with E-state index in [9.17, 15) is 0 Å². The van der Waals surface area contributed by atoms with Gasteiger partial charge in [0.1, 0.15) is 18.4 Å². The molecular formula is C10H10ClNO2. The van der Waals surface area contributed by atoms with Crippen LogP contribution in [0.5, 0.6) is 0 Å². The molecule has 4 heteroatoms. The summed E-state index contributed by atoms with van der Waals surface area (Å²) in [5, 5.41) is 0. The maximum absolute atomic E-state index is 5.82. The van der Waals surface area contributed by atoms with Gasteiger partial charge in [0.2, 0.25) is 0 Å². The van der Waals surface area contributed by atoms with Crippen molar-refractivity contribution in [2.45, 2.75) is 5.79 Å². The van der Waals surface area contributed by atoms with Crippen molar-refractivity contribution in [2.24, 2.45) is 0 Å².